The predicted molar refractivity (Wildman–Crippen MR) is 105 cm³/mol. The highest BCUT2D eigenvalue weighted by atomic mass is 15.2. The van der Waals surface area contributed by atoms with Gasteiger partial charge in [-0.05, 0) is 44.0 Å². The Morgan fingerprint density at radius 1 is 1.15 bits per heavy atom. The first-order valence-corrected chi connectivity index (χ1v) is 9.08. The van der Waals surface area contributed by atoms with Crippen LogP contribution >= 0.6 is 0 Å². The number of rotatable bonds is 6. The summed E-state index contributed by atoms with van der Waals surface area (Å²) in [5, 5.41) is 15.2. The molecule has 0 spiro atoms. The van der Waals surface area contributed by atoms with Gasteiger partial charge in [-0.25, -0.2) is 0 Å². The lowest BCUT2D eigenvalue weighted by molar-refractivity contribution is 0.681. The molecule has 2 aromatic heterocycles. The van der Waals surface area contributed by atoms with Crippen molar-refractivity contribution in [3.8, 4) is 0 Å². The molecule has 1 atom stereocenters. The van der Waals surface area contributed by atoms with E-state index in [9.17, 15) is 0 Å². The first-order chi connectivity index (χ1) is 12.7. The second-order valence-corrected chi connectivity index (χ2v) is 6.28. The summed E-state index contributed by atoms with van der Waals surface area (Å²) in [5.74, 6) is 1.74. The summed E-state index contributed by atoms with van der Waals surface area (Å²) in [6, 6.07) is 14.5. The quantitative estimate of drug-likeness (QED) is 0.530. The van der Waals surface area contributed by atoms with Gasteiger partial charge in [0, 0.05) is 25.7 Å². The van der Waals surface area contributed by atoms with Gasteiger partial charge in [0.15, 0.2) is 11.6 Å². The maximum atomic E-state index is 4.70. The second kappa shape index (κ2) is 8.47. The Labute approximate surface area is 154 Å². The van der Waals surface area contributed by atoms with Crippen LogP contribution in [0.4, 0.5) is 0 Å². The van der Waals surface area contributed by atoms with Crippen LogP contribution in [-0.2, 0) is 6.42 Å². The van der Waals surface area contributed by atoms with Crippen molar-refractivity contribution >= 4 is 11.6 Å². The third-order valence-electron chi connectivity index (χ3n) is 4.34. The minimum absolute atomic E-state index is 0.183. The molecule has 6 heteroatoms. The van der Waals surface area contributed by atoms with E-state index in [0.717, 1.165) is 30.4 Å². The molecule has 0 amide bonds. The number of guanidine groups is 1. The Hall–Kier alpha value is -2.89. The Kier molecular flexibility index (Phi) is 5.84. The number of aromatic nitrogens is 3. The molecule has 6 nitrogen and oxygen atoms in total. The van der Waals surface area contributed by atoms with E-state index in [1.807, 2.05) is 28.8 Å². The fourth-order valence-corrected chi connectivity index (χ4v) is 3.00. The Bertz CT molecular complexity index is 883. The molecule has 0 aliphatic rings. The molecule has 3 aromatic rings. The topological polar surface area (TPSA) is 66.6 Å². The van der Waals surface area contributed by atoms with Gasteiger partial charge in [-0.3, -0.25) is 9.39 Å². The number of hydrogen-bond acceptors (Lipinski definition) is 3. The van der Waals surface area contributed by atoms with Crippen LogP contribution in [-0.4, -0.2) is 33.6 Å². The molecule has 136 valence electrons. The van der Waals surface area contributed by atoms with E-state index in [1.165, 1.54) is 11.1 Å². The van der Waals surface area contributed by atoms with Gasteiger partial charge in [0.25, 0.3) is 0 Å². The van der Waals surface area contributed by atoms with E-state index >= 15 is 0 Å². The molecule has 1 unspecified atom stereocenters. The van der Waals surface area contributed by atoms with Crippen LogP contribution in [0.2, 0.25) is 0 Å². The van der Waals surface area contributed by atoms with Crippen LogP contribution in [0.1, 0.15) is 36.8 Å². The van der Waals surface area contributed by atoms with Gasteiger partial charge < -0.3 is 10.6 Å². The summed E-state index contributed by atoms with van der Waals surface area (Å²) in [5.41, 5.74) is 3.42. The average Bonchev–Trinajstić information content (AvgIpc) is 3.05. The average molecular weight is 350 g/mol. The summed E-state index contributed by atoms with van der Waals surface area (Å²) >= 11 is 0. The molecule has 0 radical (unpaired) electrons. The third kappa shape index (κ3) is 4.20. The van der Waals surface area contributed by atoms with E-state index in [1.54, 1.807) is 0 Å². The Balaban J connectivity index is 1.66. The van der Waals surface area contributed by atoms with Gasteiger partial charge in [-0.2, -0.15) is 0 Å². The lowest BCUT2D eigenvalue weighted by Gasteiger charge is -2.19. The number of aliphatic imine (C=N–C) groups is 1. The molecule has 2 heterocycles. The normalized spacial score (nSPS) is 13.0. The standard InChI is InChI=1S/C20H26N6/c1-4-21-20(23-16(3)17-10-6-5-9-15(17)2)22-13-12-19-25-24-18-11-7-8-14-26(18)19/h5-11,14,16H,4,12-13H2,1-3H3,(H2,21,22,23). The minimum Gasteiger partial charge on any atom is -0.357 e. The van der Waals surface area contributed by atoms with E-state index in [0.29, 0.717) is 6.54 Å². The lowest BCUT2D eigenvalue weighted by Crippen LogP contribution is -2.39. The monoisotopic (exact) mass is 350 g/mol. The van der Waals surface area contributed by atoms with E-state index in [2.05, 4.69) is 65.9 Å². The van der Waals surface area contributed by atoms with Crippen LogP contribution in [0.3, 0.4) is 0 Å². The van der Waals surface area contributed by atoms with Crippen molar-refractivity contribution in [1.82, 2.24) is 25.2 Å². The van der Waals surface area contributed by atoms with Gasteiger partial charge in [0.05, 0.1) is 6.04 Å². The van der Waals surface area contributed by atoms with Crippen LogP contribution < -0.4 is 10.6 Å². The smallest absolute Gasteiger partial charge is 0.191 e. The number of nitrogens with zero attached hydrogens (tertiary/aromatic N) is 4. The van der Waals surface area contributed by atoms with Gasteiger partial charge in [-0.1, -0.05) is 30.3 Å². The highest BCUT2D eigenvalue weighted by Crippen LogP contribution is 2.16. The Morgan fingerprint density at radius 2 is 1.96 bits per heavy atom. The van der Waals surface area contributed by atoms with Crippen LogP contribution in [0.15, 0.2) is 53.7 Å². The maximum absolute atomic E-state index is 4.70. The van der Waals surface area contributed by atoms with E-state index in [-0.39, 0.29) is 6.04 Å². The van der Waals surface area contributed by atoms with Crippen molar-refractivity contribution in [2.45, 2.75) is 33.2 Å². The van der Waals surface area contributed by atoms with Crippen LogP contribution in [0.5, 0.6) is 0 Å². The van der Waals surface area contributed by atoms with Crippen molar-refractivity contribution < 1.29 is 0 Å². The van der Waals surface area contributed by atoms with Crippen molar-refractivity contribution in [1.29, 1.82) is 0 Å². The molecule has 0 saturated carbocycles. The summed E-state index contributed by atoms with van der Waals surface area (Å²) in [7, 11) is 0. The van der Waals surface area contributed by atoms with Gasteiger partial charge >= 0.3 is 0 Å². The molecule has 26 heavy (non-hydrogen) atoms. The summed E-state index contributed by atoms with van der Waals surface area (Å²) < 4.78 is 2.01. The molecular formula is C20H26N6. The van der Waals surface area contributed by atoms with E-state index in [4.69, 9.17) is 4.99 Å². The molecule has 0 bridgehead atoms. The van der Waals surface area contributed by atoms with Crippen molar-refractivity contribution in [3.05, 3.63) is 65.6 Å². The third-order valence-corrected chi connectivity index (χ3v) is 4.34. The maximum Gasteiger partial charge on any atom is 0.191 e. The second-order valence-electron chi connectivity index (χ2n) is 6.28. The number of hydrogen-bond donors (Lipinski definition) is 2. The fourth-order valence-electron chi connectivity index (χ4n) is 3.00. The SMILES string of the molecule is CCNC(=NCCc1nnc2ccccn12)NC(C)c1ccccc1C. The van der Waals surface area contributed by atoms with Gasteiger partial charge in [-0.15, -0.1) is 10.2 Å². The zero-order valence-electron chi connectivity index (χ0n) is 15.6. The van der Waals surface area contributed by atoms with Crippen molar-refractivity contribution in [3.63, 3.8) is 0 Å². The zero-order valence-corrected chi connectivity index (χ0v) is 15.6. The van der Waals surface area contributed by atoms with Crippen LogP contribution in [0, 0.1) is 6.92 Å². The molecule has 1 aromatic carbocycles. The summed E-state index contributed by atoms with van der Waals surface area (Å²) in [6.45, 7) is 7.82. The zero-order chi connectivity index (χ0) is 18.4. The molecule has 2 N–H and O–H groups in total. The lowest BCUT2D eigenvalue weighted by atomic mass is 10.0. The highest BCUT2D eigenvalue weighted by Gasteiger charge is 2.10. The largest absolute Gasteiger partial charge is 0.357 e. The molecule has 0 aliphatic carbocycles. The number of benzene rings is 1. The van der Waals surface area contributed by atoms with Crippen molar-refractivity contribution in [2.75, 3.05) is 13.1 Å². The molecule has 0 aliphatic heterocycles. The first-order valence-electron chi connectivity index (χ1n) is 9.08. The summed E-state index contributed by atoms with van der Waals surface area (Å²) in [6.07, 6.45) is 2.72. The van der Waals surface area contributed by atoms with E-state index < -0.39 is 0 Å². The number of pyridine rings is 1. The summed E-state index contributed by atoms with van der Waals surface area (Å²) in [4.78, 5) is 4.70. The van der Waals surface area contributed by atoms with Gasteiger partial charge in [0.2, 0.25) is 0 Å². The molecular weight excluding hydrogens is 324 g/mol. The fraction of sp³-hybridized carbons (Fsp3) is 0.350. The highest BCUT2D eigenvalue weighted by molar-refractivity contribution is 5.80. The van der Waals surface area contributed by atoms with Gasteiger partial charge in [0.1, 0.15) is 5.82 Å². The minimum atomic E-state index is 0.183. The number of nitrogens with one attached hydrogen (secondary N) is 2. The first kappa shape index (κ1) is 17.9. The number of aryl methyl sites for hydroxylation is 1. The molecule has 3 rings (SSSR count). The Morgan fingerprint density at radius 3 is 2.77 bits per heavy atom. The van der Waals surface area contributed by atoms with Crippen molar-refractivity contribution in [2.24, 2.45) is 4.99 Å². The van der Waals surface area contributed by atoms with Crippen LogP contribution in [0.25, 0.3) is 5.65 Å². The number of fused-ring (bicyclic) bond motifs is 1. The molecule has 0 fully saturated rings. The predicted octanol–water partition coefficient (Wildman–Crippen LogP) is 2.90. The molecule has 0 saturated heterocycles.